The van der Waals surface area contributed by atoms with E-state index in [-0.39, 0.29) is 17.6 Å². The monoisotopic (exact) mass is 405 g/mol. The number of aromatic nitrogens is 3. The molecule has 4 rings (SSSR count). The molecule has 150 valence electrons. The third-order valence-electron chi connectivity index (χ3n) is 5.62. The fraction of sp³-hybridized carbons (Fsp3) is 0.556. The van der Waals surface area contributed by atoms with Crippen molar-refractivity contribution < 1.29 is 17.7 Å². The van der Waals surface area contributed by atoms with Crippen molar-refractivity contribution in [2.45, 2.75) is 26.7 Å². The first-order valence-corrected chi connectivity index (χ1v) is 10.9. The molecule has 0 bridgehead atoms. The van der Waals surface area contributed by atoms with Crippen molar-refractivity contribution in [1.29, 1.82) is 0 Å². The van der Waals surface area contributed by atoms with Crippen LogP contribution in [-0.4, -0.2) is 70.6 Å². The summed E-state index contributed by atoms with van der Waals surface area (Å²) in [6, 6.07) is 5.34. The Labute approximate surface area is 163 Å². The number of pyridine rings is 1. The van der Waals surface area contributed by atoms with E-state index in [1.165, 1.54) is 4.31 Å². The number of aryl methyl sites for hydroxylation is 2. The van der Waals surface area contributed by atoms with E-state index in [1.807, 2.05) is 13.0 Å². The zero-order valence-electron chi connectivity index (χ0n) is 16.1. The van der Waals surface area contributed by atoms with Gasteiger partial charge in [-0.3, -0.25) is 4.79 Å². The van der Waals surface area contributed by atoms with Crippen LogP contribution in [0, 0.1) is 19.3 Å². The van der Waals surface area contributed by atoms with Gasteiger partial charge >= 0.3 is 0 Å². The van der Waals surface area contributed by atoms with Gasteiger partial charge in [-0.2, -0.15) is 4.98 Å². The highest BCUT2D eigenvalue weighted by molar-refractivity contribution is 7.89. The van der Waals surface area contributed by atoms with Crippen LogP contribution in [0.25, 0.3) is 0 Å². The lowest BCUT2D eigenvalue weighted by Crippen LogP contribution is -2.61. The second-order valence-electron chi connectivity index (χ2n) is 7.61. The molecule has 1 unspecified atom stereocenters. The maximum atomic E-state index is 12.8. The summed E-state index contributed by atoms with van der Waals surface area (Å²) in [6.07, 6.45) is 0. The van der Waals surface area contributed by atoms with Crippen LogP contribution in [-0.2, 0) is 10.0 Å². The van der Waals surface area contributed by atoms with Gasteiger partial charge < -0.3 is 9.42 Å². The normalized spacial score (nSPS) is 21.8. The molecule has 10 heteroatoms. The van der Waals surface area contributed by atoms with E-state index in [0.717, 1.165) is 5.69 Å². The highest BCUT2D eigenvalue weighted by Gasteiger charge is 2.59. The predicted molar refractivity (Wildman–Crippen MR) is 100 cm³/mol. The quantitative estimate of drug-likeness (QED) is 0.745. The number of hydrogen-bond acceptors (Lipinski definition) is 7. The molecule has 0 radical (unpaired) electrons. The van der Waals surface area contributed by atoms with Crippen LogP contribution in [0.15, 0.2) is 22.7 Å². The molecule has 0 N–H and O–H groups in total. The van der Waals surface area contributed by atoms with Crippen molar-refractivity contribution in [2.75, 3.05) is 31.9 Å². The molecule has 2 fully saturated rings. The van der Waals surface area contributed by atoms with E-state index in [2.05, 4.69) is 15.1 Å². The van der Waals surface area contributed by atoms with Crippen molar-refractivity contribution in [3.05, 3.63) is 41.3 Å². The predicted octanol–water partition coefficient (Wildman–Crippen LogP) is 0.973. The van der Waals surface area contributed by atoms with Gasteiger partial charge in [-0.25, -0.2) is 17.7 Å². The van der Waals surface area contributed by atoms with E-state index in [9.17, 15) is 13.2 Å². The maximum absolute atomic E-state index is 12.8. The van der Waals surface area contributed by atoms with Gasteiger partial charge in [0, 0.05) is 37.3 Å². The van der Waals surface area contributed by atoms with E-state index >= 15 is 0 Å². The van der Waals surface area contributed by atoms with Crippen LogP contribution < -0.4 is 0 Å². The van der Waals surface area contributed by atoms with Gasteiger partial charge in [0.2, 0.25) is 15.9 Å². The minimum absolute atomic E-state index is 0.0362. The Morgan fingerprint density at radius 3 is 2.61 bits per heavy atom. The summed E-state index contributed by atoms with van der Waals surface area (Å²) in [7, 11) is -3.35. The lowest BCUT2D eigenvalue weighted by atomic mass is 9.71. The average molecular weight is 405 g/mol. The number of nitrogens with zero attached hydrogens (tertiary/aromatic N) is 5. The zero-order valence-corrected chi connectivity index (χ0v) is 16.9. The Morgan fingerprint density at radius 2 is 2.00 bits per heavy atom. The molecule has 0 aliphatic carbocycles. The summed E-state index contributed by atoms with van der Waals surface area (Å²) in [4.78, 5) is 23.1. The van der Waals surface area contributed by atoms with Crippen LogP contribution in [0.5, 0.6) is 0 Å². The van der Waals surface area contributed by atoms with Crippen molar-refractivity contribution >= 4 is 15.9 Å². The first kappa shape index (κ1) is 19.0. The second kappa shape index (κ2) is 6.63. The molecule has 2 aromatic heterocycles. The number of sulfonamides is 1. The summed E-state index contributed by atoms with van der Waals surface area (Å²) in [5, 5.41) is 3.86. The summed E-state index contributed by atoms with van der Waals surface area (Å²) in [5.41, 5.74) is 0.762. The van der Waals surface area contributed by atoms with Gasteiger partial charge in [0.15, 0.2) is 5.82 Å². The lowest BCUT2D eigenvalue weighted by molar-refractivity contribution is 0.000861. The molecule has 2 aliphatic heterocycles. The molecule has 2 aromatic rings. The summed E-state index contributed by atoms with van der Waals surface area (Å²) >= 11 is 0. The van der Waals surface area contributed by atoms with Gasteiger partial charge in [-0.05, 0) is 32.9 Å². The Morgan fingerprint density at radius 1 is 1.25 bits per heavy atom. The van der Waals surface area contributed by atoms with E-state index in [1.54, 1.807) is 30.9 Å². The van der Waals surface area contributed by atoms with Gasteiger partial charge in [-0.1, -0.05) is 11.2 Å². The van der Waals surface area contributed by atoms with Crippen LogP contribution in [0.4, 0.5) is 0 Å². The van der Waals surface area contributed by atoms with Crippen molar-refractivity contribution in [3.63, 3.8) is 0 Å². The molecule has 1 amide bonds. The third kappa shape index (κ3) is 3.10. The molecule has 1 spiro atoms. The van der Waals surface area contributed by atoms with Crippen molar-refractivity contribution in [1.82, 2.24) is 24.3 Å². The number of rotatable bonds is 4. The maximum Gasteiger partial charge on any atom is 0.272 e. The molecular formula is C18H23N5O4S. The highest BCUT2D eigenvalue weighted by Crippen LogP contribution is 2.49. The van der Waals surface area contributed by atoms with E-state index in [0.29, 0.717) is 43.6 Å². The molecule has 0 saturated carbocycles. The summed E-state index contributed by atoms with van der Waals surface area (Å²) in [5.74, 6) is 0.607. The molecule has 4 heterocycles. The number of carbonyl (C=O) groups is 1. The van der Waals surface area contributed by atoms with Gasteiger partial charge in [-0.15, -0.1) is 0 Å². The smallest absolute Gasteiger partial charge is 0.272 e. The topological polar surface area (TPSA) is 110 Å². The molecule has 2 saturated heterocycles. The first-order valence-electron chi connectivity index (χ1n) is 9.25. The minimum Gasteiger partial charge on any atom is -0.339 e. The van der Waals surface area contributed by atoms with E-state index < -0.39 is 15.4 Å². The fourth-order valence-electron chi connectivity index (χ4n) is 4.11. The van der Waals surface area contributed by atoms with E-state index in [4.69, 9.17) is 4.52 Å². The number of hydrogen-bond donors (Lipinski definition) is 0. The summed E-state index contributed by atoms with van der Waals surface area (Å²) in [6.45, 7) is 6.71. The Bertz CT molecular complexity index is 1010. The Hall–Kier alpha value is -2.33. The molecule has 0 aromatic carbocycles. The first-order chi connectivity index (χ1) is 13.2. The highest BCUT2D eigenvalue weighted by atomic mass is 32.2. The Kier molecular flexibility index (Phi) is 4.50. The number of carbonyl (C=O) groups excluding carboxylic acids is 1. The zero-order chi connectivity index (χ0) is 20.1. The second-order valence-corrected chi connectivity index (χ2v) is 9.87. The van der Waals surface area contributed by atoms with Gasteiger partial charge in [0.25, 0.3) is 5.91 Å². The Balaban J connectivity index is 1.59. The molecule has 28 heavy (non-hydrogen) atoms. The minimum atomic E-state index is -3.35. The summed E-state index contributed by atoms with van der Waals surface area (Å²) < 4.78 is 31.8. The number of amides is 1. The molecular weight excluding hydrogens is 382 g/mol. The SMILES string of the molecule is CCS(=O)(=O)N1CC(c2nc(C)no2)C2(CN(C(=O)c3cccc(C)n3)C2)C1. The van der Waals surface area contributed by atoms with Crippen LogP contribution in [0.2, 0.25) is 0 Å². The molecule has 2 aliphatic rings. The van der Waals surface area contributed by atoms with Crippen molar-refractivity contribution in [3.8, 4) is 0 Å². The van der Waals surface area contributed by atoms with Crippen LogP contribution >= 0.6 is 0 Å². The average Bonchev–Trinajstić information content (AvgIpc) is 3.24. The van der Waals surface area contributed by atoms with Gasteiger partial charge in [0.05, 0.1) is 11.7 Å². The molecule has 9 nitrogen and oxygen atoms in total. The largest absolute Gasteiger partial charge is 0.339 e. The van der Waals surface area contributed by atoms with Crippen LogP contribution in [0.1, 0.15) is 40.7 Å². The molecule has 1 atom stereocenters. The standard InChI is InChI=1S/C18H23N5O4S/c1-4-28(25,26)23-8-14(16-20-13(3)21-27-16)18(11-23)9-22(10-18)17(24)15-7-5-6-12(2)19-15/h5-7,14H,4,8-11H2,1-3H3. The fourth-order valence-corrected chi connectivity index (χ4v) is 5.31. The lowest BCUT2D eigenvalue weighted by Gasteiger charge is -2.50. The van der Waals surface area contributed by atoms with Gasteiger partial charge in [0.1, 0.15) is 5.69 Å². The van der Waals surface area contributed by atoms with Crippen LogP contribution in [0.3, 0.4) is 0 Å². The third-order valence-corrected chi connectivity index (χ3v) is 7.42. The number of likely N-dealkylation sites (tertiary alicyclic amines) is 1. The van der Waals surface area contributed by atoms with Crippen molar-refractivity contribution in [2.24, 2.45) is 5.41 Å².